The molecule has 3 nitrogen and oxygen atoms in total. The van der Waals surface area contributed by atoms with Crippen molar-refractivity contribution in [2.75, 3.05) is 0 Å². The smallest absolute Gasteiger partial charge is 0.119 e. The number of hydrogen-bond acceptors (Lipinski definition) is 3. The van der Waals surface area contributed by atoms with Crippen molar-refractivity contribution >= 4 is 11.6 Å². The molecule has 0 fully saturated rings. The van der Waals surface area contributed by atoms with Gasteiger partial charge in [0.1, 0.15) is 12.4 Å². The molecule has 0 saturated heterocycles. The molecular formula is C23H16N2O. The van der Waals surface area contributed by atoms with Crippen LogP contribution >= 0.6 is 0 Å². The van der Waals surface area contributed by atoms with Gasteiger partial charge in [-0.1, -0.05) is 54.6 Å². The molecule has 124 valence electrons. The SMILES string of the molecule is N#C/C(=C\c1ccc(OCc2ccccc2)cc1)c1cccc(C#N)c1. The van der Waals surface area contributed by atoms with Gasteiger partial charge in [-0.05, 0) is 47.0 Å². The second-order valence-corrected chi connectivity index (χ2v) is 5.71. The molecule has 0 aromatic heterocycles. The Bertz CT molecular complexity index is 991. The molecule has 3 rings (SSSR count). The molecule has 3 heteroatoms. The predicted molar refractivity (Wildman–Crippen MR) is 102 cm³/mol. The highest BCUT2D eigenvalue weighted by molar-refractivity contribution is 5.89. The molecule has 3 aromatic rings. The summed E-state index contributed by atoms with van der Waals surface area (Å²) >= 11 is 0. The fourth-order valence-electron chi connectivity index (χ4n) is 2.50. The zero-order valence-electron chi connectivity index (χ0n) is 14.1. The molecule has 3 aromatic carbocycles. The lowest BCUT2D eigenvalue weighted by Crippen LogP contribution is -1.94. The summed E-state index contributed by atoms with van der Waals surface area (Å²) in [7, 11) is 0. The average molecular weight is 336 g/mol. The Morgan fingerprint density at radius 3 is 2.35 bits per heavy atom. The van der Waals surface area contributed by atoms with Gasteiger partial charge in [-0.3, -0.25) is 0 Å². The van der Waals surface area contributed by atoms with E-state index in [1.54, 1.807) is 24.3 Å². The number of nitrogens with zero attached hydrogens (tertiary/aromatic N) is 2. The fraction of sp³-hybridized carbons (Fsp3) is 0.0435. The summed E-state index contributed by atoms with van der Waals surface area (Å²) in [5.74, 6) is 0.774. The van der Waals surface area contributed by atoms with Gasteiger partial charge in [-0.2, -0.15) is 10.5 Å². The second-order valence-electron chi connectivity index (χ2n) is 5.71. The van der Waals surface area contributed by atoms with Crippen LogP contribution in [0.5, 0.6) is 5.75 Å². The highest BCUT2D eigenvalue weighted by atomic mass is 16.5. The standard InChI is InChI=1S/C23H16N2O/c24-15-20-7-4-8-21(14-20)22(16-25)13-18-9-11-23(12-10-18)26-17-19-5-2-1-3-6-19/h1-14H,17H2/b22-13+. The zero-order chi connectivity index (χ0) is 18.2. The van der Waals surface area contributed by atoms with Crippen molar-refractivity contribution in [2.45, 2.75) is 6.61 Å². The van der Waals surface area contributed by atoms with Gasteiger partial charge < -0.3 is 4.74 Å². The maximum absolute atomic E-state index is 9.44. The van der Waals surface area contributed by atoms with Crippen LogP contribution in [0.15, 0.2) is 78.9 Å². The number of allylic oxidation sites excluding steroid dienone is 1. The van der Waals surface area contributed by atoms with Gasteiger partial charge in [-0.15, -0.1) is 0 Å². The predicted octanol–water partition coefficient (Wildman–Crippen LogP) is 5.20. The third kappa shape index (κ3) is 4.38. The molecule has 0 radical (unpaired) electrons. The lowest BCUT2D eigenvalue weighted by molar-refractivity contribution is 0.306. The molecule has 0 amide bonds. The van der Waals surface area contributed by atoms with Gasteiger partial charge in [0.2, 0.25) is 0 Å². The number of nitriles is 2. The highest BCUT2D eigenvalue weighted by Crippen LogP contribution is 2.21. The molecule has 0 N–H and O–H groups in total. The van der Waals surface area contributed by atoms with E-state index in [4.69, 9.17) is 10.00 Å². The van der Waals surface area contributed by atoms with E-state index in [-0.39, 0.29) is 0 Å². The Morgan fingerprint density at radius 2 is 1.65 bits per heavy atom. The van der Waals surface area contributed by atoms with Crippen LogP contribution in [0.3, 0.4) is 0 Å². The normalized spacial score (nSPS) is 10.6. The van der Waals surface area contributed by atoms with E-state index < -0.39 is 0 Å². The van der Waals surface area contributed by atoms with Gasteiger partial charge in [0.25, 0.3) is 0 Å². The van der Waals surface area contributed by atoms with Crippen LogP contribution in [0.25, 0.3) is 11.6 Å². The van der Waals surface area contributed by atoms with Gasteiger partial charge in [0.05, 0.1) is 23.3 Å². The van der Waals surface area contributed by atoms with Crippen molar-refractivity contribution in [1.29, 1.82) is 10.5 Å². The largest absolute Gasteiger partial charge is 0.489 e. The minimum Gasteiger partial charge on any atom is -0.489 e. The highest BCUT2D eigenvalue weighted by Gasteiger charge is 2.03. The lowest BCUT2D eigenvalue weighted by Gasteiger charge is -2.06. The Balaban J connectivity index is 1.73. The summed E-state index contributed by atoms with van der Waals surface area (Å²) in [6, 6.07) is 28.9. The summed E-state index contributed by atoms with van der Waals surface area (Å²) in [6.45, 7) is 0.514. The van der Waals surface area contributed by atoms with E-state index in [0.717, 1.165) is 22.4 Å². The Labute approximate surface area is 153 Å². The van der Waals surface area contributed by atoms with Crippen LogP contribution in [0.2, 0.25) is 0 Å². The molecule has 0 atom stereocenters. The first-order valence-electron chi connectivity index (χ1n) is 8.17. The number of hydrogen-bond donors (Lipinski definition) is 0. The minimum absolute atomic E-state index is 0.514. The molecule has 0 bridgehead atoms. The first-order valence-corrected chi connectivity index (χ1v) is 8.17. The number of benzene rings is 3. The van der Waals surface area contributed by atoms with E-state index in [1.807, 2.05) is 60.7 Å². The number of ether oxygens (including phenoxy) is 1. The summed E-state index contributed by atoms with van der Waals surface area (Å²) < 4.78 is 5.77. The van der Waals surface area contributed by atoms with Gasteiger partial charge in [0, 0.05) is 0 Å². The molecule has 0 aliphatic carbocycles. The van der Waals surface area contributed by atoms with Crippen molar-refractivity contribution < 1.29 is 4.74 Å². The van der Waals surface area contributed by atoms with Crippen LogP contribution in [0.1, 0.15) is 22.3 Å². The second kappa shape index (κ2) is 8.33. The summed E-state index contributed by atoms with van der Waals surface area (Å²) in [6.07, 6.45) is 1.80. The molecule has 0 aliphatic heterocycles. The van der Waals surface area contributed by atoms with Crippen molar-refractivity contribution in [2.24, 2.45) is 0 Å². The van der Waals surface area contributed by atoms with E-state index >= 15 is 0 Å². The Hall–Kier alpha value is -3.82. The van der Waals surface area contributed by atoms with Crippen molar-refractivity contribution in [3.05, 3.63) is 101 Å². The maximum Gasteiger partial charge on any atom is 0.119 e. The van der Waals surface area contributed by atoms with Crippen molar-refractivity contribution in [3.8, 4) is 17.9 Å². The van der Waals surface area contributed by atoms with Crippen LogP contribution in [-0.2, 0) is 6.61 Å². The van der Waals surface area contributed by atoms with Gasteiger partial charge in [-0.25, -0.2) is 0 Å². The summed E-state index contributed by atoms with van der Waals surface area (Å²) in [5, 5.41) is 18.4. The van der Waals surface area contributed by atoms with E-state index in [9.17, 15) is 5.26 Å². The van der Waals surface area contributed by atoms with Crippen LogP contribution in [0.4, 0.5) is 0 Å². The third-order valence-electron chi connectivity index (χ3n) is 3.86. The van der Waals surface area contributed by atoms with E-state index in [1.165, 1.54) is 0 Å². The van der Waals surface area contributed by atoms with Crippen molar-refractivity contribution in [1.82, 2.24) is 0 Å². The Kier molecular flexibility index (Phi) is 5.45. The fourth-order valence-corrected chi connectivity index (χ4v) is 2.50. The topological polar surface area (TPSA) is 56.8 Å². The van der Waals surface area contributed by atoms with Gasteiger partial charge >= 0.3 is 0 Å². The molecular weight excluding hydrogens is 320 g/mol. The average Bonchev–Trinajstić information content (AvgIpc) is 2.72. The first-order chi connectivity index (χ1) is 12.8. The maximum atomic E-state index is 9.44. The summed E-state index contributed by atoms with van der Waals surface area (Å²) in [5.41, 5.74) is 3.79. The first kappa shape index (κ1) is 17.0. The van der Waals surface area contributed by atoms with Crippen LogP contribution in [0, 0.1) is 22.7 Å². The minimum atomic E-state index is 0.514. The molecule has 0 saturated carbocycles. The van der Waals surface area contributed by atoms with Crippen LogP contribution in [-0.4, -0.2) is 0 Å². The molecule has 0 heterocycles. The van der Waals surface area contributed by atoms with Gasteiger partial charge in [0.15, 0.2) is 0 Å². The van der Waals surface area contributed by atoms with Crippen LogP contribution < -0.4 is 4.74 Å². The monoisotopic (exact) mass is 336 g/mol. The lowest BCUT2D eigenvalue weighted by atomic mass is 10.0. The Morgan fingerprint density at radius 1 is 0.885 bits per heavy atom. The molecule has 0 unspecified atom stereocenters. The van der Waals surface area contributed by atoms with Crippen molar-refractivity contribution in [3.63, 3.8) is 0 Å². The number of rotatable bonds is 5. The van der Waals surface area contributed by atoms with E-state index in [2.05, 4.69) is 12.1 Å². The molecule has 0 aliphatic rings. The summed E-state index contributed by atoms with van der Waals surface area (Å²) in [4.78, 5) is 0. The molecule has 0 spiro atoms. The zero-order valence-corrected chi connectivity index (χ0v) is 14.1. The van der Waals surface area contributed by atoms with E-state index in [0.29, 0.717) is 17.7 Å². The molecule has 26 heavy (non-hydrogen) atoms. The third-order valence-corrected chi connectivity index (χ3v) is 3.86. The quantitative estimate of drug-likeness (QED) is 0.475.